The third-order valence-electron chi connectivity index (χ3n) is 3.83. The third kappa shape index (κ3) is 3.31. The Morgan fingerprint density at radius 2 is 2.08 bits per heavy atom. The molecule has 0 radical (unpaired) electrons. The van der Waals surface area contributed by atoms with Crippen LogP contribution in [0.25, 0.3) is 5.65 Å². The second-order valence-electron chi connectivity index (χ2n) is 6.26. The van der Waals surface area contributed by atoms with E-state index < -0.39 is 5.97 Å². The Labute approximate surface area is 144 Å². The SMILES string of the molecule is Cc1ccc2nc(COC(=O)c3c(C)noc3C(C)C)cc(=O)n2c1. The van der Waals surface area contributed by atoms with E-state index in [0.29, 0.717) is 28.4 Å². The quantitative estimate of drug-likeness (QED) is 0.678. The smallest absolute Gasteiger partial charge is 0.344 e. The number of pyridine rings is 1. The first-order valence-electron chi connectivity index (χ1n) is 7.99. The van der Waals surface area contributed by atoms with Crippen LogP contribution in [0.1, 0.15) is 52.8 Å². The Morgan fingerprint density at radius 1 is 1.32 bits per heavy atom. The Hall–Kier alpha value is -2.96. The number of carbonyl (C=O) groups excluding carboxylic acids is 1. The van der Waals surface area contributed by atoms with Gasteiger partial charge >= 0.3 is 5.97 Å². The van der Waals surface area contributed by atoms with Gasteiger partial charge in [0.15, 0.2) is 5.76 Å². The van der Waals surface area contributed by atoms with Gasteiger partial charge in [0.25, 0.3) is 5.56 Å². The second kappa shape index (κ2) is 6.51. The summed E-state index contributed by atoms with van der Waals surface area (Å²) in [5, 5.41) is 3.83. The van der Waals surface area contributed by atoms with Crippen LogP contribution in [-0.4, -0.2) is 20.5 Å². The van der Waals surface area contributed by atoms with Gasteiger partial charge in [0.2, 0.25) is 0 Å². The molecule has 0 amide bonds. The molecular weight excluding hydrogens is 322 g/mol. The van der Waals surface area contributed by atoms with Gasteiger partial charge in [0, 0.05) is 18.2 Å². The predicted octanol–water partition coefficient (Wildman–Crippen LogP) is 2.78. The number of aryl methyl sites for hydroxylation is 2. The molecule has 3 heterocycles. The normalized spacial score (nSPS) is 11.2. The summed E-state index contributed by atoms with van der Waals surface area (Å²) >= 11 is 0. The monoisotopic (exact) mass is 341 g/mol. The largest absolute Gasteiger partial charge is 0.455 e. The standard InChI is InChI=1S/C18H19N3O4/c1-10(2)17-16(12(4)20-25-17)18(23)24-9-13-7-15(22)21-8-11(3)5-6-14(21)19-13/h5-8,10H,9H2,1-4H3. The summed E-state index contributed by atoms with van der Waals surface area (Å²) in [6.45, 7) is 7.31. The maximum Gasteiger partial charge on any atom is 0.344 e. The molecular formula is C18H19N3O4. The molecule has 0 bridgehead atoms. The minimum Gasteiger partial charge on any atom is -0.455 e. The number of carbonyl (C=O) groups is 1. The highest BCUT2D eigenvalue weighted by molar-refractivity contribution is 5.91. The fourth-order valence-corrected chi connectivity index (χ4v) is 2.57. The summed E-state index contributed by atoms with van der Waals surface area (Å²) in [5.41, 5.74) is 2.46. The molecule has 0 fully saturated rings. The molecule has 130 valence electrons. The molecule has 3 rings (SSSR count). The van der Waals surface area contributed by atoms with Crippen molar-refractivity contribution in [1.29, 1.82) is 0 Å². The molecule has 0 aliphatic carbocycles. The maximum absolute atomic E-state index is 12.4. The van der Waals surface area contributed by atoms with Crippen LogP contribution < -0.4 is 5.56 Å². The maximum atomic E-state index is 12.4. The van der Waals surface area contributed by atoms with E-state index in [-0.39, 0.29) is 18.1 Å². The van der Waals surface area contributed by atoms with E-state index in [4.69, 9.17) is 9.26 Å². The molecule has 7 nitrogen and oxygen atoms in total. The van der Waals surface area contributed by atoms with Crippen LogP contribution in [0.4, 0.5) is 0 Å². The average molecular weight is 341 g/mol. The zero-order valence-corrected chi connectivity index (χ0v) is 14.6. The van der Waals surface area contributed by atoms with E-state index in [2.05, 4.69) is 10.1 Å². The third-order valence-corrected chi connectivity index (χ3v) is 3.83. The first kappa shape index (κ1) is 16.9. The van der Waals surface area contributed by atoms with Crippen molar-refractivity contribution in [3.8, 4) is 0 Å². The van der Waals surface area contributed by atoms with E-state index >= 15 is 0 Å². The minimum absolute atomic E-state index is 0.00966. The molecule has 3 aromatic rings. The lowest BCUT2D eigenvalue weighted by Crippen LogP contribution is -2.17. The van der Waals surface area contributed by atoms with E-state index in [0.717, 1.165) is 5.56 Å². The number of aromatic nitrogens is 3. The van der Waals surface area contributed by atoms with Crippen molar-refractivity contribution in [2.24, 2.45) is 0 Å². The van der Waals surface area contributed by atoms with Crippen LogP contribution in [0.5, 0.6) is 0 Å². The molecule has 3 aromatic heterocycles. The van der Waals surface area contributed by atoms with Crippen LogP contribution in [0.15, 0.2) is 33.7 Å². The number of ether oxygens (including phenoxy) is 1. The highest BCUT2D eigenvalue weighted by Crippen LogP contribution is 2.23. The molecule has 0 atom stereocenters. The molecule has 7 heteroatoms. The Balaban J connectivity index is 1.83. The van der Waals surface area contributed by atoms with E-state index in [1.54, 1.807) is 19.2 Å². The zero-order valence-electron chi connectivity index (χ0n) is 14.6. The summed E-state index contributed by atoms with van der Waals surface area (Å²) in [5.74, 6) is -0.0340. The number of hydrogen-bond donors (Lipinski definition) is 0. The fraction of sp³-hybridized carbons (Fsp3) is 0.333. The van der Waals surface area contributed by atoms with Crippen LogP contribution in [0, 0.1) is 13.8 Å². The predicted molar refractivity (Wildman–Crippen MR) is 90.6 cm³/mol. The Kier molecular flexibility index (Phi) is 4.39. The van der Waals surface area contributed by atoms with Gasteiger partial charge in [-0.15, -0.1) is 0 Å². The van der Waals surface area contributed by atoms with Gasteiger partial charge in [-0.2, -0.15) is 0 Å². The number of hydrogen-bond acceptors (Lipinski definition) is 6. The molecule has 0 aliphatic rings. The lowest BCUT2D eigenvalue weighted by molar-refractivity contribution is 0.0463. The topological polar surface area (TPSA) is 86.7 Å². The van der Waals surface area contributed by atoms with Gasteiger partial charge < -0.3 is 9.26 Å². The Bertz CT molecular complexity index is 1000. The van der Waals surface area contributed by atoms with Crippen LogP contribution in [0.2, 0.25) is 0 Å². The highest BCUT2D eigenvalue weighted by atomic mass is 16.5. The van der Waals surface area contributed by atoms with Crippen molar-refractivity contribution < 1.29 is 14.1 Å². The van der Waals surface area contributed by atoms with E-state index in [1.807, 2.05) is 26.8 Å². The van der Waals surface area contributed by atoms with Gasteiger partial charge in [-0.3, -0.25) is 9.20 Å². The van der Waals surface area contributed by atoms with Crippen molar-refractivity contribution in [3.63, 3.8) is 0 Å². The van der Waals surface area contributed by atoms with Crippen LogP contribution >= 0.6 is 0 Å². The van der Waals surface area contributed by atoms with Gasteiger partial charge in [0.1, 0.15) is 17.8 Å². The van der Waals surface area contributed by atoms with E-state index in [9.17, 15) is 9.59 Å². The lowest BCUT2D eigenvalue weighted by atomic mass is 10.1. The number of rotatable bonds is 4. The van der Waals surface area contributed by atoms with Crippen molar-refractivity contribution in [3.05, 3.63) is 63.0 Å². The number of nitrogens with zero attached hydrogens (tertiary/aromatic N) is 3. The number of esters is 1. The molecule has 0 unspecified atom stereocenters. The van der Waals surface area contributed by atoms with Crippen molar-refractivity contribution >= 4 is 11.6 Å². The average Bonchev–Trinajstić information content (AvgIpc) is 2.95. The second-order valence-corrected chi connectivity index (χ2v) is 6.26. The van der Waals surface area contributed by atoms with Crippen LogP contribution in [-0.2, 0) is 11.3 Å². The molecule has 25 heavy (non-hydrogen) atoms. The Morgan fingerprint density at radius 3 is 2.80 bits per heavy atom. The van der Waals surface area contributed by atoms with Crippen molar-refractivity contribution in [1.82, 2.24) is 14.5 Å². The fourth-order valence-electron chi connectivity index (χ4n) is 2.57. The van der Waals surface area contributed by atoms with E-state index in [1.165, 1.54) is 10.5 Å². The van der Waals surface area contributed by atoms with Crippen LogP contribution in [0.3, 0.4) is 0 Å². The van der Waals surface area contributed by atoms with Gasteiger partial charge in [0.05, 0.1) is 11.4 Å². The first-order valence-corrected chi connectivity index (χ1v) is 7.99. The molecule has 0 N–H and O–H groups in total. The minimum atomic E-state index is -0.534. The number of fused-ring (bicyclic) bond motifs is 1. The summed E-state index contributed by atoms with van der Waals surface area (Å²) < 4.78 is 12.0. The molecule has 0 aliphatic heterocycles. The van der Waals surface area contributed by atoms with Gasteiger partial charge in [-0.25, -0.2) is 9.78 Å². The lowest BCUT2D eigenvalue weighted by Gasteiger charge is -2.07. The summed E-state index contributed by atoms with van der Waals surface area (Å²) in [6.07, 6.45) is 1.72. The molecule has 0 spiro atoms. The van der Waals surface area contributed by atoms with Crippen molar-refractivity contribution in [2.75, 3.05) is 0 Å². The summed E-state index contributed by atoms with van der Waals surface area (Å²) in [4.78, 5) is 28.9. The first-order chi connectivity index (χ1) is 11.9. The molecule has 0 aromatic carbocycles. The van der Waals surface area contributed by atoms with Crippen molar-refractivity contribution in [2.45, 2.75) is 40.2 Å². The molecule has 0 saturated carbocycles. The van der Waals surface area contributed by atoms with Gasteiger partial charge in [-0.1, -0.05) is 25.1 Å². The molecule has 0 saturated heterocycles. The summed E-state index contributed by atoms with van der Waals surface area (Å²) in [6, 6.07) is 4.99. The van der Waals surface area contributed by atoms with Gasteiger partial charge in [-0.05, 0) is 25.5 Å². The zero-order chi connectivity index (χ0) is 18.1. The summed E-state index contributed by atoms with van der Waals surface area (Å²) in [7, 11) is 0. The highest BCUT2D eigenvalue weighted by Gasteiger charge is 2.24.